The van der Waals surface area contributed by atoms with Gasteiger partial charge in [-0.1, -0.05) is 31.2 Å². The van der Waals surface area contributed by atoms with Gasteiger partial charge in [0.2, 0.25) is 5.91 Å². The number of carbonyl (C=O) groups is 3. The molecule has 0 saturated carbocycles. The third-order valence-electron chi connectivity index (χ3n) is 4.52. The smallest absolute Gasteiger partial charge is 0.261 e. The summed E-state index contributed by atoms with van der Waals surface area (Å²) in [5.41, 5.74) is 1.10. The summed E-state index contributed by atoms with van der Waals surface area (Å²) in [6.45, 7) is 4.41. The highest BCUT2D eigenvalue weighted by atomic mass is 35.5. The van der Waals surface area contributed by atoms with Gasteiger partial charge in [0.1, 0.15) is 0 Å². The molecule has 0 aromatic heterocycles. The first-order chi connectivity index (χ1) is 12.6. The summed E-state index contributed by atoms with van der Waals surface area (Å²) in [7, 11) is 0. The molecule has 0 atom stereocenters. The number of amides is 3. The molecule has 0 unspecified atom stereocenters. The lowest BCUT2D eigenvalue weighted by molar-refractivity contribution is -0.121. The zero-order valence-corrected chi connectivity index (χ0v) is 16.1. The van der Waals surface area contributed by atoms with Crippen LogP contribution in [-0.4, -0.2) is 48.8 Å². The van der Waals surface area contributed by atoms with Gasteiger partial charge in [-0.15, -0.1) is 12.4 Å². The van der Waals surface area contributed by atoms with Gasteiger partial charge in [0.05, 0.1) is 0 Å². The topological polar surface area (TPSA) is 78.5 Å². The maximum atomic E-state index is 12.7. The first-order valence-corrected chi connectivity index (χ1v) is 8.99. The molecule has 0 bridgehead atoms. The van der Waals surface area contributed by atoms with Crippen molar-refractivity contribution in [3.05, 3.63) is 47.5 Å². The molecule has 2 aromatic carbocycles. The minimum atomic E-state index is -0.285. The van der Waals surface area contributed by atoms with E-state index in [0.29, 0.717) is 24.1 Å². The van der Waals surface area contributed by atoms with Crippen LogP contribution in [0.3, 0.4) is 0 Å². The van der Waals surface area contributed by atoms with Crippen LogP contribution in [0.1, 0.15) is 40.5 Å². The molecule has 0 radical (unpaired) electrons. The molecule has 3 rings (SSSR count). The fourth-order valence-corrected chi connectivity index (χ4v) is 3.24. The van der Waals surface area contributed by atoms with E-state index in [9.17, 15) is 14.4 Å². The summed E-state index contributed by atoms with van der Waals surface area (Å²) in [5.74, 6) is -0.638. The van der Waals surface area contributed by atoms with E-state index in [1.165, 1.54) is 4.90 Å². The third kappa shape index (κ3) is 4.46. The molecule has 1 heterocycles. The number of nitrogens with zero attached hydrogens (tertiary/aromatic N) is 1. The molecule has 2 aromatic rings. The fourth-order valence-electron chi connectivity index (χ4n) is 3.24. The van der Waals surface area contributed by atoms with Crippen molar-refractivity contribution in [1.82, 2.24) is 15.5 Å². The number of likely N-dealkylation sites (N-methyl/N-ethyl adjacent to an activating group) is 1. The predicted octanol–water partition coefficient (Wildman–Crippen LogP) is 2.36. The number of hydrogen-bond donors (Lipinski definition) is 2. The average molecular weight is 390 g/mol. The van der Waals surface area contributed by atoms with E-state index in [4.69, 9.17) is 0 Å². The molecule has 0 aliphatic carbocycles. The zero-order chi connectivity index (χ0) is 18.5. The Balaban J connectivity index is 0.00000261. The molecule has 0 saturated heterocycles. The van der Waals surface area contributed by atoms with Crippen LogP contribution in [0.25, 0.3) is 10.8 Å². The number of nitrogens with one attached hydrogen (secondary N) is 2. The minimum absolute atomic E-state index is 0. The molecule has 27 heavy (non-hydrogen) atoms. The maximum absolute atomic E-state index is 12.7. The van der Waals surface area contributed by atoms with Crippen LogP contribution >= 0.6 is 12.4 Å². The van der Waals surface area contributed by atoms with E-state index in [2.05, 4.69) is 10.6 Å². The number of rotatable bonds is 8. The molecule has 0 fully saturated rings. The summed E-state index contributed by atoms with van der Waals surface area (Å²) in [4.78, 5) is 38.5. The van der Waals surface area contributed by atoms with Gasteiger partial charge >= 0.3 is 0 Å². The van der Waals surface area contributed by atoms with Crippen LogP contribution in [0, 0.1) is 0 Å². The van der Waals surface area contributed by atoms with Crippen molar-refractivity contribution >= 4 is 40.9 Å². The van der Waals surface area contributed by atoms with Crippen LogP contribution in [0.4, 0.5) is 0 Å². The van der Waals surface area contributed by atoms with Crippen molar-refractivity contribution in [2.24, 2.45) is 0 Å². The van der Waals surface area contributed by atoms with E-state index in [0.717, 1.165) is 23.9 Å². The van der Waals surface area contributed by atoms with Crippen LogP contribution in [-0.2, 0) is 4.79 Å². The quantitative estimate of drug-likeness (QED) is 0.536. The van der Waals surface area contributed by atoms with Gasteiger partial charge in [0.15, 0.2) is 0 Å². The molecule has 7 heteroatoms. The summed E-state index contributed by atoms with van der Waals surface area (Å²) < 4.78 is 0. The molecule has 1 aliphatic heterocycles. The maximum Gasteiger partial charge on any atom is 0.261 e. The van der Waals surface area contributed by atoms with Crippen molar-refractivity contribution < 1.29 is 14.4 Å². The lowest BCUT2D eigenvalue weighted by atomic mass is 9.94. The Morgan fingerprint density at radius 2 is 1.63 bits per heavy atom. The second-order valence-corrected chi connectivity index (χ2v) is 6.28. The van der Waals surface area contributed by atoms with Crippen LogP contribution < -0.4 is 10.6 Å². The number of hydrogen-bond acceptors (Lipinski definition) is 4. The van der Waals surface area contributed by atoms with Gasteiger partial charge in [-0.2, -0.15) is 0 Å². The molecule has 0 spiro atoms. The average Bonchev–Trinajstić information content (AvgIpc) is 2.66. The Morgan fingerprint density at radius 3 is 2.22 bits per heavy atom. The molecule has 1 aliphatic rings. The molecule has 2 N–H and O–H groups in total. The first-order valence-electron chi connectivity index (χ1n) is 8.99. The van der Waals surface area contributed by atoms with Gasteiger partial charge < -0.3 is 10.6 Å². The summed E-state index contributed by atoms with van der Waals surface area (Å²) in [6, 6.07) is 10.9. The zero-order valence-electron chi connectivity index (χ0n) is 15.3. The third-order valence-corrected chi connectivity index (χ3v) is 4.52. The van der Waals surface area contributed by atoms with Crippen LogP contribution in [0.15, 0.2) is 36.4 Å². The molecular weight excluding hydrogens is 366 g/mol. The monoisotopic (exact) mass is 389 g/mol. The van der Waals surface area contributed by atoms with Crippen molar-refractivity contribution in [3.63, 3.8) is 0 Å². The molecule has 144 valence electrons. The summed E-state index contributed by atoms with van der Waals surface area (Å²) in [6.07, 6.45) is 0.734. The lowest BCUT2D eigenvalue weighted by Gasteiger charge is -2.27. The molecule has 6 nitrogen and oxygen atoms in total. The van der Waals surface area contributed by atoms with Crippen molar-refractivity contribution in [3.8, 4) is 0 Å². The summed E-state index contributed by atoms with van der Waals surface area (Å²) in [5, 5.41) is 7.56. The number of carbonyl (C=O) groups excluding carboxylic acids is 3. The van der Waals surface area contributed by atoms with Crippen molar-refractivity contribution in [2.45, 2.75) is 19.8 Å². The highest BCUT2D eigenvalue weighted by Gasteiger charge is 2.32. The van der Waals surface area contributed by atoms with Gasteiger partial charge in [0.25, 0.3) is 11.8 Å². The lowest BCUT2D eigenvalue weighted by Crippen LogP contribution is -2.41. The van der Waals surface area contributed by atoms with Crippen molar-refractivity contribution in [1.29, 1.82) is 0 Å². The van der Waals surface area contributed by atoms with Gasteiger partial charge in [-0.05, 0) is 30.5 Å². The van der Waals surface area contributed by atoms with E-state index in [1.54, 1.807) is 12.1 Å². The Morgan fingerprint density at radius 1 is 1.00 bits per heavy atom. The molecular formula is C20H24ClN3O3. The van der Waals surface area contributed by atoms with E-state index >= 15 is 0 Å². The number of benzene rings is 2. The number of halogens is 1. The van der Waals surface area contributed by atoms with E-state index < -0.39 is 0 Å². The molecule has 3 amide bonds. The van der Waals surface area contributed by atoms with Crippen molar-refractivity contribution in [2.75, 3.05) is 26.2 Å². The van der Waals surface area contributed by atoms with Crippen LogP contribution in [0.5, 0.6) is 0 Å². The van der Waals surface area contributed by atoms with Crippen LogP contribution in [0.2, 0.25) is 0 Å². The summed E-state index contributed by atoms with van der Waals surface area (Å²) >= 11 is 0. The highest BCUT2D eigenvalue weighted by Crippen LogP contribution is 2.29. The minimum Gasteiger partial charge on any atom is -0.355 e. The second kappa shape index (κ2) is 9.48. The SMILES string of the molecule is CCNCCNC(=O)CCCN1C(=O)c2cccc3cccc(c23)C1=O.Cl. The normalized spacial score (nSPS) is 12.9. The largest absolute Gasteiger partial charge is 0.355 e. The number of imide groups is 1. The highest BCUT2D eigenvalue weighted by molar-refractivity contribution is 6.25. The predicted molar refractivity (Wildman–Crippen MR) is 107 cm³/mol. The first kappa shape index (κ1) is 20.9. The second-order valence-electron chi connectivity index (χ2n) is 6.28. The van der Waals surface area contributed by atoms with Gasteiger partial charge in [-0.25, -0.2) is 0 Å². The Hall–Kier alpha value is -2.44. The van der Waals surface area contributed by atoms with E-state index in [1.807, 2.05) is 31.2 Å². The Kier molecular flexibility index (Phi) is 7.33. The van der Waals surface area contributed by atoms with E-state index in [-0.39, 0.29) is 43.1 Å². The standard InChI is InChI=1S/C20H23N3O3.ClH/c1-2-21-11-12-22-17(24)10-5-13-23-19(25)15-8-3-6-14-7-4-9-16(18(14)15)20(23)26;/h3-4,6-9,21H,2,5,10-13H2,1H3,(H,22,24);1H. The fraction of sp³-hybridized carbons (Fsp3) is 0.350. The van der Waals surface area contributed by atoms with Gasteiger partial charge in [0, 0.05) is 42.6 Å². The Labute approximate surface area is 164 Å². The Bertz CT molecular complexity index is 803. The van der Waals surface area contributed by atoms with Gasteiger partial charge in [-0.3, -0.25) is 19.3 Å².